The second kappa shape index (κ2) is 16.2. The molecule has 0 aromatic heterocycles. The topological polar surface area (TPSA) is 0 Å². The van der Waals surface area contributed by atoms with Gasteiger partial charge in [0.05, 0.1) is 4.75 Å². The van der Waals surface area contributed by atoms with Gasteiger partial charge in [-0.05, 0) is 103 Å². The molecule has 226 valence electrons. The van der Waals surface area contributed by atoms with E-state index in [9.17, 15) is 0 Å². The average molecular weight is 581 g/mol. The molecule has 0 amide bonds. The summed E-state index contributed by atoms with van der Waals surface area (Å²) in [6, 6.07) is 13.4. The highest BCUT2D eigenvalue weighted by Crippen LogP contribution is 2.53. The molecular formula is C41H56S. The minimum atomic E-state index is -0.398. The van der Waals surface area contributed by atoms with E-state index in [0.29, 0.717) is 0 Å². The molecule has 1 unspecified atom stereocenters. The molecule has 0 N–H and O–H groups in total. The lowest BCUT2D eigenvalue weighted by atomic mass is 9.83. The van der Waals surface area contributed by atoms with Gasteiger partial charge >= 0.3 is 0 Å². The Balaban J connectivity index is 0.000000661. The zero-order valence-electron chi connectivity index (χ0n) is 28.1. The van der Waals surface area contributed by atoms with Gasteiger partial charge < -0.3 is 0 Å². The van der Waals surface area contributed by atoms with Crippen molar-refractivity contribution in [2.45, 2.75) is 117 Å². The third kappa shape index (κ3) is 9.67. The molecule has 0 spiro atoms. The zero-order valence-corrected chi connectivity index (χ0v) is 28.9. The summed E-state index contributed by atoms with van der Waals surface area (Å²) in [4.78, 5) is 1.03. The van der Waals surface area contributed by atoms with Gasteiger partial charge in [0.25, 0.3) is 0 Å². The fourth-order valence-electron chi connectivity index (χ4n) is 5.91. The van der Waals surface area contributed by atoms with Gasteiger partial charge in [0.15, 0.2) is 0 Å². The molecule has 1 aliphatic rings. The monoisotopic (exact) mass is 580 g/mol. The first-order valence-electron chi connectivity index (χ1n) is 15.8. The van der Waals surface area contributed by atoms with Gasteiger partial charge in [-0.2, -0.15) is 0 Å². The summed E-state index contributed by atoms with van der Waals surface area (Å²) >= 11 is 1.79. The number of allylic oxidation sites excluding steroid dienone is 4. The first-order valence-corrected chi connectivity index (χ1v) is 16.6. The molecule has 2 aromatic carbocycles. The summed E-state index contributed by atoms with van der Waals surface area (Å²) in [5.41, 5.74) is 9.84. The van der Waals surface area contributed by atoms with Crippen LogP contribution < -0.4 is 0 Å². The average Bonchev–Trinajstić information content (AvgIpc) is 2.94. The van der Waals surface area contributed by atoms with Crippen molar-refractivity contribution in [3.05, 3.63) is 112 Å². The molecular weight excluding hydrogens is 525 g/mol. The van der Waals surface area contributed by atoms with Crippen LogP contribution in [0.15, 0.2) is 78.9 Å². The molecule has 0 radical (unpaired) electrons. The molecule has 2 aromatic rings. The van der Waals surface area contributed by atoms with Crippen LogP contribution in [0.1, 0.15) is 120 Å². The molecule has 1 fully saturated rings. The van der Waals surface area contributed by atoms with Gasteiger partial charge in [-0.25, -0.2) is 0 Å². The zero-order chi connectivity index (χ0) is 31.5. The Morgan fingerprint density at radius 2 is 1.62 bits per heavy atom. The molecule has 0 aliphatic heterocycles. The lowest BCUT2D eigenvalue weighted by molar-refractivity contribution is 0.349. The molecule has 0 bridgehead atoms. The van der Waals surface area contributed by atoms with Crippen molar-refractivity contribution in [1.82, 2.24) is 0 Å². The van der Waals surface area contributed by atoms with Crippen molar-refractivity contribution in [1.29, 1.82) is 0 Å². The second-order valence-electron chi connectivity index (χ2n) is 13.2. The summed E-state index contributed by atoms with van der Waals surface area (Å²) in [5, 5.41) is 0. The lowest BCUT2D eigenvalue weighted by Crippen LogP contribution is -2.24. The van der Waals surface area contributed by atoms with E-state index in [1.165, 1.54) is 66.3 Å². The number of rotatable bonds is 9. The fraction of sp³-hybridized carbons (Fsp3) is 0.463. The quantitative estimate of drug-likeness (QED) is 0.161. The molecule has 0 heterocycles. The predicted molar refractivity (Wildman–Crippen MR) is 192 cm³/mol. The van der Waals surface area contributed by atoms with Gasteiger partial charge in [-0.1, -0.05) is 133 Å². The standard InChI is InChI=1S/C33H40S.C8H16/c1-12-14-28(15-13-2)22-33(23(3)4,30-19-17-24(5)26(7)20-30)34-27(8)29-18-16-25(6)31(21-29)32(9,10)11;1-2-8-6-4-3-5-7-8/h1,13-21H,3,8,22H2,2,4-7,9-11H3;8H,2-7H2,1H3/b15-13-,28-14+;. The van der Waals surface area contributed by atoms with Gasteiger partial charge in [0, 0.05) is 4.91 Å². The molecule has 1 saturated carbocycles. The van der Waals surface area contributed by atoms with E-state index in [2.05, 4.69) is 117 Å². The van der Waals surface area contributed by atoms with Gasteiger partial charge in [-0.15, -0.1) is 18.2 Å². The number of benzene rings is 2. The second-order valence-corrected chi connectivity index (χ2v) is 14.6. The number of terminal acetylenes is 1. The third-order valence-electron chi connectivity index (χ3n) is 8.73. The maximum atomic E-state index is 5.69. The van der Waals surface area contributed by atoms with Crippen LogP contribution in [0.3, 0.4) is 0 Å². The van der Waals surface area contributed by atoms with Crippen LogP contribution in [0, 0.1) is 39.0 Å². The Hall–Kier alpha value is -2.69. The lowest BCUT2D eigenvalue weighted by Gasteiger charge is -2.36. The summed E-state index contributed by atoms with van der Waals surface area (Å²) in [6.07, 6.45) is 21.4. The van der Waals surface area contributed by atoms with Crippen molar-refractivity contribution in [3.63, 3.8) is 0 Å². The molecule has 1 aliphatic carbocycles. The number of aryl methyl sites for hydroxylation is 3. The van der Waals surface area contributed by atoms with Gasteiger partial charge in [0.2, 0.25) is 0 Å². The Labute approximate surface area is 263 Å². The predicted octanol–water partition coefficient (Wildman–Crippen LogP) is 12.6. The number of hydrogen-bond donors (Lipinski definition) is 0. The Morgan fingerprint density at radius 3 is 2.12 bits per heavy atom. The minimum Gasteiger partial charge on any atom is -0.115 e. The van der Waals surface area contributed by atoms with Crippen LogP contribution >= 0.6 is 11.8 Å². The molecule has 1 atom stereocenters. The van der Waals surface area contributed by atoms with Crippen LogP contribution in [0.4, 0.5) is 0 Å². The highest BCUT2D eigenvalue weighted by atomic mass is 32.2. The number of hydrogen-bond acceptors (Lipinski definition) is 1. The Morgan fingerprint density at radius 1 is 0.976 bits per heavy atom. The van der Waals surface area contributed by atoms with Crippen molar-refractivity contribution in [2.75, 3.05) is 0 Å². The van der Waals surface area contributed by atoms with Crippen LogP contribution in [0.5, 0.6) is 0 Å². The first kappa shape index (κ1) is 35.5. The first-order chi connectivity index (χ1) is 19.8. The largest absolute Gasteiger partial charge is 0.115 e. The van der Waals surface area contributed by atoms with Crippen LogP contribution in [-0.2, 0) is 10.2 Å². The molecule has 0 nitrogen and oxygen atoms in total. The maximum Gasteiger partial charge on any atom is 0.0699 e. The van der Waals surface area contributed by atoms with Crippen molar-refractivity contribution >= 4 is 16.7 Å². The van der Waals surface area contributed by atoms with E-state index < -0.39 is 4.75 Å². The van der Waals surface area contributed by atoms with Crippen LogP contribution in [-0.4, -0.2) is 0 Å². The van der Waals surface area contributed by atoms with E-state index >= 15 is 0 Å². The number of thioether (sulfide) groups is 1. The summed E-state index contributed by atoms with van der Waals surface area (Å²) < 4.78 is -0.398. The van der Waals surface area contributed by atoms with E-state index in [-0.39, 0.29) is 5.41 Å². The smallest absolute Gasteiger partial charge is 0.0699 e. The van der Waals surface area contributed by atoms with E-state index in [1.807, 2.05) is 19.1 Å². The summed E-state index contributed by atoms with van der Waals surface area (Å²) in [6.45, 7) is 28.8. The van der Waals surface area contributed by atoms with Crippen molar-refractivity contribution in [3.8, 4) is 12.3 Å². The SMILES string of the molecule is C#C/C=C(\C=C/C)CC(SC(=C)c1ccc(C)c(C(C)(C)C)c1)(C(=C)C)c1ccc(C)c(C)c1.CCC1CCCCC1. The van der Waals surface area contributed by atoms with Crippen molar-refractivity contribution in [2.24, 2.45) is 5.92 Å². The Bertz CT molecular complexity index is 1310. The van der Waals surface area contributed by atoms with Gasteiger partial charge in [0.1, 0.15) is 0 Å². The molecule has 42 heavy (non-hydrogen) atoms. The van der Waals surface area contributed by atoms with Crippen molar-refractivity contribution < 1.29 is 0 Å². The Kier molecular flexibility index (Phi) is 13.7. The molecule has 1 heteroatoms. The summed E-state index contributed by atoms with van der Waals surface area (Å²) in [7, 11) is 0. The minimum absolute atomic E-state index is 0.0686. The molecule has 3 rings (SSSR count). The highest BCUT2D eigenvalue weighted by Gasteiger charge is 2.36. The van der Waals surface area contributed by atoms with E-state index in [4.69, 9.17) is 6.42 Å². The van der Waals surface area contributed by atoms with E-state index in [0.717, 1.165) is 34.0 Å². The van der Waals surface area contributed by atoms with Gasteiger partial charge in [-0.3, -0.25) is 0 Å². The highest BCUT2D eigenvalue weighted by molar-refractivity contribution is 8.09. The summed E-state index contributed by atoms with van der Waals surface area (Å²) in [5.74, 6) is 3.81. The normalized spacial score (nSPS) is 15.9. The maximum absolute atomic E-state index is 5.69. The third-order valence-corrected chi connectivity index (χ3v) is 10.3. The van der Waals surface area contributed by atoms with Crippen LogP contribution in [0.2, 0.25) is 0 Å². The van der Waals surface area contributed by atoms with Crippen LogP contribution in [0.25, 0.3) is 4.91 Å². The molecule has 0 saturated heterocycles. The van der Waals surface area contributed by atoms with E-state index in [1.54, 1.807) is 11.8 Å². The fourth-order valence-corrected chi connectivity index (χ4v) is 7.23.